The fraction of sp³-hybridized carbons (Fsp3) is 0.385. The van der Waals surface area contributed by atoms with Crippen LogP contribution < -0.4 is 0 Å². The molecule has 0 radical (unpaired) electrons. The summed E-state index contributed by atoms with van der Waals surface area (Å²) in [6.45, 7) is 1.69. The van der Waals surface area contributed by atoms with Crippen molar-refractivity contribution in [1.29, 1.82) is 0 Å². The summed E-state index contributed by atoms with van der Waals surface area (Å²) in [5.74, 6) is -2.22. The van der Waals surface area contributed by atoms with Gasteiger partial charge in [0, 0.05) is 18.5 Å². The predicted molar refractivity (Wildman–Crippen MR) is 75.3 cm³/mol. The Morgan fingerprint density at radius 1 is 1.24 bits per heavy atom. The molecule has 0 atom stereocenters. The number of hydrogen-bond acceptors (Lipinski definition) is 5. The summed E-state index contributed by atoms with van der Waals surface area (Å²) >= 11 is 1.51. The fourth-order valence-corrected chi connectivity index (χ4v) is 2.71. The van der Waals surface area contributed by atoms with E-state index in [-0.39, 0.29) is 6.54 Å². The Hall–Kier alpha value is -2.22. The molecule has 0 aliphatic carbocycles. The second kappa shape index (κ2) is 6.04. The Morgan fingerprint density at radius 3 is 2.43 bits per heavy atom. The maximum atomic E-state index is 12.1. The summed E-state index contributed by atoms with van der Waals surface area (Å²) in [6.07, 6.45) is 0. The lowest BCUT2D eigenvalue weighted by molar-refractivity contribution is -0.144. The van der Waals surface area contributed by atoms with Gasteiger partial charge in [-0.2, -0.15) is 0 Å². The van der Waals surface area contributed by atoms with Gasteiger partial charge >= 0.3 is 17.8 Å². The Labute approximate surface area is 125 Å². The number of carbonyl (C=O) groups excluding carboxylic acids is 4. The van der Waals surface area contributed by atoms with Gasteiger partial charge in [-0.05, 0) is 18.4 Å². The van der Waals surface area contributed by atoms with E-state index in [0.717, 1.165) is 9.78 Å². The van der Waals surface area contributed by atoms with Gasteiger partial charge in [0.25, 0.3) is 0 Å². The van der Waals surface area contributed by atoms with E-state index in [2.05, 4.69) is 0 Å². The zero-order valence-electron chi connectivity index (χ0n) is 11.7. The van der Waals surface area contributed by atoms with Gasteiger partial charge in [0.2, 0.25) is 5.91 Å². The van der Waals surface area contributed by atoms with Gasteiger partial charge in [-0.25, -0.2) is 9.69 Å². The van der Waals surface area contributed by atoms with Crippen molar-refractivity contribution in [3.8, 4) is 0 Å². The molecule has 0 saturated carbocycles. The molecule has 1 aromatic rings. The van der Waals surface area contributed by atoms with Crippen LogP contribution in [-0.2, 0) is 20.9 Å². The molecule has 1 fully saturated rings. The Kier molecular flexibility index (Phi) is 4.37. The molecule has 21 heavy (non-hydrogen) atoms. The Bertz CT molecular complexity index is 584. The van der Waals surface area contributed by atoms with E-state index in [1.807, 2.05) is 17.5 Å². The molecule has 2 rings (SSSR count). The predicted octanol–water partition coefficient (Wildman–Crippen LogP) is 0.517. The molecule has 0 N–H and O–H groups in total. The lowest BCUT2D eigenvalue weighted by Gasteiger charge is -2.19. The maximum absolute atomic E-state index is 12.1. The molecule has 7 nitrogen and oxygen atoms in total. The summed E-state index contributed by atoms with van der Waals surface area (Å²) in [7, 11) is 1.59. The highest BCUT2D eigenvalue weighted by Gasteiger charge is 2.44. The van der Waals surface area contributed by atoms with Crippen molar-refractivity contribution in [2.24, 2.45) is 0 Å². The van der Waals surface area contributed by atoms with Crippen LogP contribution in [0.3, 0.4) is 0 Å². The molecule has 0 spiro atoms. The topological polar surface area (TPSA) is 78.0 Å². The third-order valence-electron chi connectivity index (χ3n) is 3.14. The number of imide groups is 2. The van der Waals surface area contributed by atoms with E-state index in [4.69, 9.17) is 0 Å². The van der Waals surface area contributed by atoms with Crippen LogP contribution in [0.5, 0.6) is 0 Å². The highest BCUT2D eigenvalue weighted by molar-refractivity contribution is 7.09. The lowest BCUT2D eigenvalue weighted by atomic mass is 10.4. The van der Waals surface area contributed by atoms with Gasteiger partial charge in [0.15, 0.2) is 0 Å². The van der Waals surface area contributed by atoms with Gasteiger partial charge in [-0.3, -0.25) is 19.3 Å². The van der Waals surface area contributed by atoms with Crippen LogP contribution in [-0.4, -0.2) is 58.6 Å². The summed E-state index contributed by atoms with van der Waals surface area (Å²) in [5, 5.41) is 1.90. The SMILES string of the molecule is CCN1C(=O)C(=O)N(CC(=O)N(C)Cc2cccs2)C1=O. The minimum Gasteiger partial charge on any atom is -0.339 e. The van der Waals surface area contributed by atoms with Crippen molar-refractivity contribution < 1.29 is 19.2 Å². The van der Waals surface area contributed by atoms with Crippen LogP contribution in [0.2, 0.25) is 0 Å². The monoisotopic (exact) mass is 309 g/mol. The van der Waals surface area contributed by atoms with Crippen LogP contribution in [0, 0.1) is 0 Å². The zero-order valence-corrected chi connectivity index (χ0v) is 12.6. The van der Waals surface area contributed by atoms with E-state index >= 15 is 0 Å². The standard InChI is InChI=1S/C13H15N3O4S/c1-3-15-11(18)12(19)16(13(15)20)8-10(17)14(2)7-9-5-4-6-21-9/h4-6H,3,7-8H2,1-2H3. The van der Waals surface area contributed by atoms with E-state index < -0.39 is 30.3 Å². The van der Waals surface area contributed by atoms with Crippen LogP contribution in [0.4, 0.5) is 4.79 Å². The molecule has 1 aliphatic rings. The molecule has 5 amide bonds. The largest absolute Gasteiger partial charge is 0.339 e. The van der Waals surface area contributed by atoms with E-state index in [9.17, 15) is 19.2 Å². The number of carbonyl (C=O) groups is 4. The van der Waals surface area contributed by atoms with E-state index in [0.29, 0.717) is 11.4 Å². The quantitative estimate of drug-likeness (QED) is 0.587. The van der Waals surface area contributed by atoms with Crippen molar-refractivity contribution in [3.63, 3.8) is 0 Å². The lowest BCUT2D eigenvalue weighted by Crippen LogP contribution is -2.41. The third-order valence-corrected chi connectivity index (χ3v) is 4.00. The normalized spacial score (nSPS) is 15.0. The highest BCUT2D eigenvalue weighted by atomic mass is 32.1. The van der Waals surface area contributed by atoms with Crippen molar-refractivity contribution >= 4 is 35.1 Å². The number of thiophene rings is 1. The number of likely N-dealkylation sites (N-methyl/N-ethyl adjacent to an activating group) is 2. The van der Waals surface area contributed by atoms with E-state index in [1.165, 1.54) is 16.2 Å². The van der Waals surface area contributed by atoms with Crippen LogP contribution in [0.1, 0.15) is 11.8 Å². The average molecular weight is 309 g/mol. The number of amides is 5. The average Bonchev–Trinajstić information content (AvgIpc) is 3.02. The first kappa shape index (κ1) is 15.2. The van der Waals surface area contributed by atoms with Crippen molar-refractivity contribution in [2.45, 2.75) is 13.5 Å². The second-order valence-corrected chi connectivity index (χ2v) is 5.58. The van der Waals surface area contributed by atoms with Crippen molar-refractivity contribution in [1.82, 2.24) is 14.7 Å². The molecule has 1 aromatic heterocycles. The number of urea groups is 1. The number of nitrogens with zero attached hydrogens (tertiary/aromatic N) is 3. The number of rotatable bonds is 5. The Balaban J connectivity index is 2.00. The zero-order chi connectivity index (χ0) is 15.6. The molecule has 2 heterocycles. The molecule has 8 heteroatoms. The minimum atomic E-state index is -0.945. The van der Waals surface area contributed by atoms with Gasteiger partial charge < -0.3 is 4.90 Å². The summed E-state index contributed by atoms with van der Waals surface area (Å²) in [6, 6.07) is 3.04. The molecular formula is C13H15N3O4S. The minimum absolute atomic E-state index is 0.110. The Morgan fingerprint density at radius 2 is 1.90 bits per heavy atom. The van der Waals surface area contributed by atoms with Crippen LogP contribution in [0.15, 0.2) is 17.5 Å². The maximum Gasteiger partial charge on any atom is 0.334 e. The summed E-state index contributed by atoms with van der Waals surface area (Å²) < 4.78 is 0. The smallest absolute Gasteiger partial charge is 0.334 e. The van der Waals surface area contributed by atoms with Crippen molar-refractivity contribution in [3.05, 3.63) is 22.4 Å². The molecule has 0 bridgehead atoms. The first-order chi connectivity index (χ1) is 9.95. The highest BCUT2D eigenvalue weighted by Crippen LogP contribution is 2.14. The van der Waals surface area contributed by atoms with Crippen LogP contribution >= 0.6 is 11.3 Å². The first-order valence-corrected chi connectivity index (χ1v) is 7.27. The van der Waals surface area contributed by atoms with Gasteiger partial charge in [-0.1, -0.05) is 6.07 Å². The van der Waals surface area contributed by atoms with Crippen molar-refractivity contribution in [2.75, 3.05) is 20.1 Å². The van der Waals surface area contributed by atoms with Crippen LogP contribution in [0.25, 0.3) is 0 Å². The summed E-state index contributed by atoms with van der Waals surface area (Å²) in [4.78, 5) is 51.1. The molecular weight excluding hydrogens is 294 g/mol. The second-order valence-electron chi connectivity index (χ2n) is 4.55. The van der Waals surface area contributed by atoms with Gasteiger partial charge in [-0.15, -0.1) is 11.3 Å². The fourth-order valence-electron chi connectivity index (χ4n) is 1.95. The first-order valence-electron chi connectivity index (χ1n) is 6.39. The molecule has 0 aromatic carbocycles. The number of hydrogen-bond donors (Lipinski definition) is 0. The molecule has 1 saturated heterocycles. The van der Waals surface area contributed by atoms with Gasteiger partial charge in [0.1, 0.15) is 6.54 Å². The van der Waals surface area contributed by atoms with E-state index in [1.54, 1.807) is 14.0 Å². The molecule has 1 aliphatic heterocycles. The van der Waals surface area contributed by atoms with Gasteiger partial charge in [0.05, 0.1) is 6.54 Å². The molecule has 112 valence electrons. The summed E-state index contributed by atoms with van der Waals surface area (Å²) in [5.41, 5.74) is 0. The molecule has 0 unspecified atom stereocenters. The third kappa shape index (κ3) is 2.94.